The Labute approximate surface area is 289 Å². The van der Waals surface area contributed by atoms with Gasteiger partial charge in [-0.05, 0) is 68.4 Å². The highest BCUT2D eigenvalue weighted by molar-refractivity contribution is 6.31. The first-order valence-corrected chi connectivity index (χ1v) is 16.9. The van der Waals surface area contributed by atoms with E-state index in [0.29, 0.717) is 28.4 Å². The highest BCUT2D eigenvalue weighted by atomic mass is 35.5. The fraction of sp³-hybridized carbons (Fsp3) is 0.500. The third-order valence-electron chi connectivity index (χ3n) is 9.22. The first-order valence-electron chi connectivity index (χ1n) is 16.5. The number of alkyl halides is 6. The van der Waals surface area contributed by atoms with E-state index in [2.05, 4.69) is 19.6 Å². The normalized spacial score (nSPS) is 19.1. The molecule has 2 aromatic carbocycles. The van der Waals surface area contributed by atoms with Crippen molar-refractivity contribution in [2.75, 3.05) is 62.2 Å². The number of piperidine rings is 1. The summed E-state index contributed by atoms with van der Waals surface area (Å²) in [6.45, 7) is 6.31. The zero-order valence-corrected chi connectivity index (χ0v) is 28.0. The minimum Gasteiger partial charge on any atom is -0.462 e. The number of carbonyl (C=O) groups is 2. The van der Waals surface area contributed by atoms with Gasteiger partial charge in [0.15, 0.2) is 11.3 Å². The molecule has 0 amide bonds. The van der Waals surface area contributed by atoms with Gasteiger partial charge in [0.2, 0.25) is 0 Å². The van der Waals surface area contributed by atoms with Crippen molar-refractivity contribution in [2.24, 2.45) is 5.92 Å². The molecule has 0 N–H and O–H groups in total. The van der Waals surface area contributed by atoms with E-state index in [4.69, 9.17) is 16.3 Å². The summed E-state index contributed by atoms with van der Waals surface area (Å²) < 4.78 is 92.3. The second-order valence-electron chi connectivity index (χ2n) is 12.8. The molecule has 2 aliphatic heterocycles. The lowest BCUT2D eigenvalue weighted by atomic mass is 9.99. The van der Waals surface area contributed by atoms with Crippen LogP contribution >= 0.6 is 11.6 Å². The fourth-order valence-electron chi connectivity index (χ4n) is 6.64. The second kappa shape index (κ2) is 14.3. The van der Waals surface area contributed by atoms with Crippen LogP contribution in [0.5, 0.6) is 5.88 Å². The van der Waals surface area contributed by atoms with Crippen molar-refractivity contribution in [1.82, 2.24) is 14.7 Å². The smallest absolute Gasteiger partial charge is 0.462 e. The zero-order chi connectivity index (χ0) is 35.8. The summed E-state index contributed by atoms with van der Waals surface area (Å²) in [5, 5.41) is 4.05. The molecule has 3 aliphatic rings. The molecule has 1 aliphatic carbocycles. The van der Waals surface area contributed by atoms with E-state index < -0.39 is 47.5 Å². The highest BCUT2D eigenvalue weighted by Gasteiger charge is 2.48. The highest BCUT2D eigenvalue weighted by Crippen LogP contribution is 2.42. The van der Waals surface area contributed by atoms with Crippen LogP contribution in [0.2, 0.25) is 5.02 Å². The summed E-state index contributed by atoms with van der Waals surface area (Å²) in [5.41, 5.74) is 0.296. The molecule has 9 nitrogen and oxygen atoms in total. The van der Waals surface area contributed by atoms with Crippen LogP contribution < -0.4 is 14.5 Å². The van der Waals surface area contributed by atoms with Crippen LogP contribution in [0.3, 0.4) is 0 Å². The van der Waals surface area contributed by atoms with Crippen molar-refractivity contribution in [3.05, 3.63) is 58.7 Å². The summed E-state index contributed by atoms with van der Waals surface area (Å²) in [7, 11) is 0. The van der Waals surface area contributed by atoms with Crippen molar-refractivity contribution < 1.29 is 45.4 Å². The molecule has 3 aromatic rings. The lowest BCUT2D eigenvalue weighted by Gasteiger charge is -2.37. The van der Waals surface area contributed by atoms with Crippen LogP contribution in [0, 0.1) is 5.92 Å². The van der Waals surface area contributed by atoms with E-state index in [1.807, 2.05) is 35.2 Å². The van der Waals surface area contributed by atoms with Crippen molar-refractivity contribution in [3.8, 4) is 17.0 Å². The molecule has 2 saturated heterocycles. The van der Waals surface area contributed by atoms with Gasteiger partial charge in [-0.15, -0.1) is 5.10 Å². The standard InChI is InChI=1S/C34H36ClF6N5O4/c1-2-49-31(47)28-29(33(36,37)38)46(42-30(28)50-32(48)34(39,40)41)25-4-3-13-45(20-25)27-18-23(35)9-12-26(27)22-7-10-24(11-8-22)44-16-14-43(15-17-44)19-21-5-6-21/h7-12,18,21,25H,2-6,13-17,19-20H2,1H3. The Bertz CT molecular complexity index is 1700. The first kappa shape index (κ1) is 35.8. The van der Waals surface area contributed by atoms with Gasteiger partial charge in [0.05, 0.1) is 12.6 Å². The molecule has 0 bridgehead atoms. The molecule has 0 spiro atoms. The lowest BCUT2D eigenvalue weighted by Crippen LogP contribution is -2.47. The van der Waals surface area contributed by atoms with Crippen molar-refractivity contribution in [1.29, 1.82) is 0 Å². The Balaban J connectivity index is 1.28. The van der Waals surface area contributed by atoms with E-state index in [0.717, 1.165) is 48.9 Å². The maximum atomic E-state index is 14.6. The molecule has 0 radical (unpaired) electrons. The molecule has 1 aromatic heterocycles. The van der Waals surface area contributed by atoms with Gasteiger partial charge < -0.3 is 19.3 Å². The van der Waals surface area contributed by atoms with Gasteiger partial charge in [-0.2, -0.15) is 26.3 Å². The van der Waals surface area contributed by atoms with Crippen LogP contribution in [0.25, 0.3) is 11.1 Å². The number of anilines is 2. The van der Waals surface area contributed by atoms with E-state index in [-0.39, 0.29) is 19.6 Å². The summed E-state index contributed by atoms with van der Waals surface area (Å²) in [4.78, 5) is 31.0. The first-order chi connectivity index (χ1) is 23.7. The Kier molecular flexibility index (Phi) is 10.3. The third-order valence-corrected chi connectivity index (χ3v) is 9.45. The van der Waals surface area contributed by atoms with E-state index in [9.17, 15) is 35.9 Å². The number of ether oxygens (including phenoxy) is 2. The molecule has 16 heteroatoms. The Hall–Kier alpha value is -3.98. The number of hydrogen-bond donors (Lipinski definition) is 0. The molecule has 1 saturated carbocycles. The SMILES string of the molecule is CCOC(=O)c1c(OC(=O)C(F)(F)F)nn(C2CCCN(c3cc(Cl)ccc3-c3ccc(N4CCN(CC5CC5)CC4)cc3)C2)c1C(F)(F)F. The maximum Gasteiger partial charge on any atom is 0.491 e. The quantitative estimate of drug-likeness (QED) is 0.169. The number of rotatable bonds is 9. The molecular weight excluding hydrogens is 692 g/mol. The number of hydrogen-bond acceptors (Lipinski definition) is 8. The molecule has 1 unspecified atom stereocenters. The number of halogens is 7. The molecule has 270 valence electrons. The van der Waals surface area contributed by atoms with Crippen molar-refractivity contribution in [3.63, 3.8) is 0 Å². The van der Waals surface area contributed by atoms with Crippen molar-refractivity contribution >= 4 is 34.9 Å². The van der Waals surface area contributed by atoms with Crippen LogP contribution in [0.15, 0.2) is 42.5 Å². The molecule has 3 fully saturated rings. The average Bonchev–Trinajstić information content (AvgIpc) is 3.81. The van der Waals surface area contributed by atoms with E-state index in [1.54, 1.807) is 12.1 Å². The number of benzene rings is 2. The van der Waals surface area contributed by atoms with Crippen LogP contribution in [0.4, 0.5) is 37.7 Å². The average molecular weight is 728 g/mol. The van der Waals surface area contributed by atoms with Gasteiger partial charge >= 0.3 is 24.3 Å². The number of nitrogens with zero attached hydrogens (tertiary/aromatic N) is 5. The molecule has 1 atom stereocenters. The Morgan fingerprint density at radius 2 is 1.62 bits per heavy atom. The molecular formula is C34H36ClF6N5O4. The number of carbonyl (C=O) groups excluding carboxylic acids is 2. The van der Waals surface area contributed by atoms with Gasteiger partial charge in [-0.25, -0.2) is 9.59 Å². The minimum absolute atomic E-state index is 0.0732. The second-order valence-corrected chi connectivity index (χ2v) is 13.2. The Morgan fingerprint density at radius 1 is 0.920 bits per heavy atom. The summed E-state index contributed by atoms with van der Waals surface area (Å²) in [6.07, 6.45) is -7.68. The third kappa shape index (κ3) is 7.98. The zero-order valence-electron chi connectivity index (χ0n) is 27.2. The fourth-order valence-corrected chi connectivity index (χ4v) is 6.81. The molecule has 50 heavy (non-hydrogen) atoms. The number of piperazine rings is 1. The predicted octanol–water partition coefficient (Wildman–Crippen LogP) is 7.24. The van der Waals surface area contributed by atoms with Crippen LogP contribution in [0.1, 0.15) is 54.7 Å². The number of aromatic nitrogens is 2. The molecule has 3 heterocycles. The minimum atomic E-state index is -5.55. The monoisotopic (exact) mass is 727 g/mol. The largest absolute Gasteiger partial charge is 0.491 e. The van der Waals surface area contributed by atoms with Crippen LogP contribution in [-0.4, -0.2) is 85.2 Å². The lowest BCUT2D eigenvalue weighted by molar-refractivity contribution is -0.190. The van der Waals surface area contributed by atoms with Crippen LogP contribution in [-0.2, 0) is 15.7 Å². The van der Waals surface area contributed by atoms with Crippen molar-refractivity contribution in [2.45, 2.75) is 51.0 Å². The van der Waals surface area contributed by atoms with Gasteiger partial charge in [0.25, 0.3) is 5.88 Å². The topological polar surface area (TPSA) is 80.1 Å². The number of esters is 2. The van der Waals surface area contributed by atoms with Gasteiger partial charge in [-0.1, -0.05) is 29.8 Å². The summed E-state index contributed by atoms with van der Waals surface area (Å²) in [5.74, 6) is -5.03. The predicted molar refractivity (Wildman–Crippen MR) is 174 cm³/mol. The van der Waals surface area contributed by atoms with Gasteiger partial charge in [0, 0.05) is 67.8 Å². The summed E-state index contributed by atoms with van der Waals surface area (Å²) >= 11 is 6.41. The Morgan fingerprint density at radius 3 is 2.24 bits per heavy atom. The van der Waals surface area contributed by atoms with E-state index >= 15 is 0 Å². The summed E-state index contributed by atoms with van der Waals surface area (Å²) in [6, 6.07) is 12.2. The van der Waals surface area contributed by atoms with Gasteiger partial charge in [0.1, 0.15) is 0 Å². The van der Waals surface area contributed by atoms with Gasteiger partial charge in [-0.3, -0.25) is 9.58 Å². The molecule has 6 rings (SSSR count). The van der Waals surface area contributed by atoms with E-state index in [1.165, 1.54) is 26.3 Å². The maximum absolute atomic E-state index is 14.6.